The van der Waals surface area contributed by atoms with Gasteiger partial charge in [0.1, 0.15) is 0 Å². The van der Waals surface area contributed by atoms with E-state index in [2.05, 4.69) is 24.0 Å². The summed E-state index contributed by atoms with van der Waals surface area (Å²) in [5.74, 6) is 1.99. The molecule has 1 saturated heterocycles. The first-order chi connectivity index (χ1) is 14.7. The van der Waals surface area contributed by atoms with E-state index in [1.165, 1.54) is 22.3 Å². The topological polar surface area (TPSA) is 88.4 Å². The number of likely N-dealkylation sites (tertiary alicyclic amines) is 1. The molecule has 2 heterocycles. The highest BCUT2D eigenvalue weighted by atomic mass is 32.2. The van der Waals surface area contributed by atoms with Crippen molar-refractivity contribution in [3.05, 3.63) is 36.2 Å². The van der Waals surface area contributed by atoms with Gasteiger partial charge in [-0.25, -0.2) is 8.42 Å². The number of para-hydroxylation sites is 1. The molecule has 1 aliphatic rings. The summed E-state index contributed by atoms with van der Waals surface area (Å²) in [6.45, 7) is 8.60. The monoisotopic (exact) mass is 465 g/mol. The summed E-state index contributed by atoms with van der Waals surface area (Å²) in [4.78, 5) is 14.7. The molecule has 3 rings (SSSR count). The number of piperidine rings is 1. The van der Waals surface area contributed by atoms with Crippen molar-refractivity contribution in [3.8, 4) is 0 Å². The zero-order valence-corrected chi connectivity index (χ0v) is 20.2. The van der Waals surface area contributed by atoms with Crippen LogP contribution < -0.4 is 4.31 Å². The Morgan fingerprint density at radius 3 is 2.39 bits per heavy atom. The highest BCUT2D eigenvalue weighted by Gasteiger charge is 2.26. The molecule has 0 saturated carbocycles. The molecule has 2 aromatic rings. The highest BCUT2D eigenvalue weighted by Crippen LogP contribution is 2.25. The van der Waals surface area contributed by atoms with Crippen LogP contribution in [0.15, 0.2) is 35.5 Å². The molecule has 1 aromatic carbocycles. The van der Waals surface area contributed by atoms with E-state index < -0.39 is 10.0 Å². The van der Waals surface area contributed by atoms with Crippen LogP contribution in [0.25, 0.3) is 0 Å². The third-order valence-corrected chi connectivity index (χ3v) is 7.48. The van der Waals surface area contributed by atoms with Gasteiger partial charge >= 0.3 is 0 Å². The van der Waals surface area contributed by atoms with E-state index >= 15 is 0 Å². The Labute approximate surface area is 189 Å². The molecule has 1 aliphatic heterocycles. The molecule has 2 atom stereocenters. The lowest BCUT2D eigenvalue weighted by Gasteiger charge is -2.34. The first kappa shape index (κ1) is 23.6. The van der Waals surface area contributed by atoms with Crippen molar-refractivity contribution in [2.24, 2.45) is 11.8 Å². The lowest BCUT2D eigenvalue weighted by atomic mass is 9.92. The van der Waals surface area contributed by atoms with Crippen LogP contribution >= 0.6 is 11.8 Å². The van der Waals surface area contributed by atoms with Crippen LogP contribution in [-0.2, 0) is 27.9 Å². The Kier molecular flexibility index (Phi) is 7.64. The predicted molar refractivity (Wildman–Crippen MR) is 123 cm³/mol. The van der Waals surface area contributed by atoms with Gasteiger partial charge < -0.3 is 9.47 Å². The third-order valence-electron chi connectivity index (χ3n) is 5.39. The van der Waals surface area contributed by atoms with Crippen molar-refractivity contribution in [1.29, 1.82) is 0 Å². The minimum absolute atomic E-state index is 0.0827. The van der Waals surface area contributed by atoms with Crippen LogP contribution in [0.3, 0.4) is 0 Å². The molecule has 10 heteroatoms. The number of carbonyl (C=O) groups is 1. The second-order valence-electron chi connectivity index (χ2n) is 8.28. The van der Waals surface area contributed by atoms with Gasteiger partial charge in [-0.2, -0.15) is 0 Å². The first-order valence-corrected chi connectivity index (χ1v) is 13.4. The summed E-state index contributed by atoms with van der Waals surface area (Å²) >= 11 is 1.36. The molecular weight excluding hydrogens is 434 g/mol. The van der Waals surface area contributed by atoms with Crippen molar-refractivity contribution in [3.63, 3.8) is 0 Å². The van der Waals surface area contributed by atoms with Gasteiger partial charge in [-0.15, -0.1) is 10.2 Å². The lowest BCUT2D eigenvalue weighted by molar-refractivity contribution is -0.130. The normalized spacial score (nSPS) is 19.4. The molecule has 0 bridgehead atoms. The molecule has 1 fully saturated rings. The molecule has 8 nitrogen and oxygen atoms in total. The summed E-state index contributed by atoms with van der Waals surface area (Å²) in [6.07, 6.45) is 2.34. The van der Waals surface area contributed by atoms with E-state index in [0.29, 0.717) is 40.8 Å². The van der Waals surface area contributed by atoms with Gasteiger partial charge in [0.2, 0.25) is 15.9 Å². The number of hydrogen-bond donors (Lipinski definition) is 0. The number of thioether (sulfide) groups is 1. The molecule has 0 radical (unpaired) electrons. The molecule has 0 spiro atoms. The number of carbonyl (C=O) groups excluding carboxylic acids is 1. The second kappa shape index (κ2) is 10.0. The molecule has 1 aromatic heterocycles. The summed E-state index contributed by atoms with van der Waals surface area (Å²) in [5, 5.41) is 9.12. The number of rotatable bonds is 8. The van der Waals surface area contributed by atoms with Crippen LogP contribution in [0.2, 0.25) is 0 Å². The predicted octanol–water partition coefficient (Wildman–Crippen LogP) is 2.86. The number of sulfonamides is 1. The van der Waals surface area contributed by atoms with Crippen LogP contribution in [0.4, 0.5) is 5.69 Å². The van der Waals surface area contributed by atoms with Crippen molar-refractivity contribution in [1.82, 2.24) is 19.7 Å². The van der Waals surface area contributed by atoms with Gasteiger partial charge in [0, 0.05) is 19.6 Å². The van der Waals surface area contributed by atoms with Gasteiger partial charge in [0.15, 0.2) is 11.0 Å². The summed E-state index contributed by atoms with van der Waals surface area (Å²) in [6, 6.07) is 8.94. The number of aromatic nitrogens is 3. The zero-order chi connectivity index (χ0) is 22.6. The fourth-order valence-corrected chi connectivity index (χ4v) is 5.85. The van der Waals surface area contributed by atoms with E-state index in [1.54, 1.807) is 24.3 Å². The Morgan fingerprint density at radius 1 is 1.16 bits per heavy atom. The Morgan fingerprint density at radius 2 is 1.81 bits per heavy atom. The fraction of sp³-hybridized carbons (Fsp3) is 0.571. The number of anilines is 1. The Hall–Kier alpha value is -2.07. The van der Waals surface area contributed by atoms with E-state index in [9.17, 15) is 13.2 Å². The standard InChI is InChI=1S/C21H31N5O3S2/c1-5-25-19(14-26(31(4,28)29)18-9-7-6-8-10-18)22-23-21(25)30-15-20(27)24-12-16(2)11-17(3)13-24/h6-10,16-17H,5,11-15H2,1-4H3. The second-order valence-corrected chi connectivity index (χ2v) is 11.1. The lowest BCUT2D eigenvalue weighted by Crippen LogP contribution is -2.43. The minimum Gasteiger partial charge on any atom is -0.341 e. The van der Waals surface area contributed by atoms with E-state index in [0.717, 1.165) is 19.5 Å². The molecule has 1 amide bonds. The van der Waals surface area contributed by atoms with Gasteiger partial charge in [0.05, 0.1) is 24.2 Å². The number of nitrogens with zero attached hydrogens (tertiary/aromatic N) is 5. The average Bonchev–Trinajstić information content (AvgIpc) is 3.10. The third kappa shape index (κ3) is 6.00. The Bertz CT molecular complexity index is 984. The molecule has 0 N–H and O–H groups in total. The summed E-state index contributed by atoms with van der Waals surface area (Å²) in [7, 11) is -3.50. The SMILES string of the molecule is CCn1c(CN(c2ccccc2)S(C)(=O)=O)nnc1SCC(=O)N1CC(C)CC(C)C1. The number of amides is 1. The van der Waals surface area contributed by atoms with E-state index in [1.807, 2.05) is 22.5 Å². The van der Waals surface area contributed by atoms with Gasteiger partial charge in [0.25, 0.3) is 0 Å². The van der Waals surface area contributed by atoms with Gasteiger partial charge in [-0.05, 0) is 37.3 Å². The quantitative estimate of drug-likeness (QED) is 0.557. The molecular formula is C21H31N5O3S2. The maximum atomic E-state index is 12.7. The van der Waals surface area contributed by atoms with Crippen molar-refractivity contribution in [2.75, 3.05) is 29.4 Å². The number of benzene rings is 1. The Balaban J connectivity index is 1.72. The minimum atomic E-state index is -3.50. The smallest absolute Gasteiger partial charge is 0.233 e. The van der Waals surface area contributed by atoms with Gasteiger partial charge in [-0.3, -0.25) is 9.10 Å². The molecule has 0 aliphatic carbocycles. The molecule has 31 heavy (non-hydrogen) atoms. The van der Waals surface area contributed by atoms with E-state index in [4.69, 9.17) is 0 Å². The highest BCUT2D eigenvalue weighted by molar-refractivity contribution is 7.99. The van der Waals surface area contributed by atoms with Crippen molar-refractivity contribution >= 4 is 33.4 Å². The molecule has 2 unspecified atom stereocenters. The van der Waals surface area contributed by atoms with Crippen molar-refractivity contribution in [2.45, 2.75) is 45.4 Å². The maximum Gasteiger partial charge on any atom is 0.233 e. The van der Waals surface area contributed by atoms with Crippen LogP contribution in [0.1, 0.15) is 33.0 Å². The zero-order valence-electron chi connectivity index (χ0n) is 18.6. The van der Waals surface area contributed by atoms with Crippen LogP contribution in [-0.4, -0.2) is 59.1 Å². The maximum absolute atomic E-state index is 12.7. The summed E-state index contributed by atoms with van der Waals surface area (Å²) < 4.78 is 28.0. The van der Waals surface area contributed by atoms with E-state index in [-0.39, 0.29) is 12.5 Å². The van der Waals surface area contributed by atoms with Gasteiger partial charge in [-0.1, -0.05) is 43.8 Å². The number of hydrogen-bond acceptors (Lipinski definition) is 6. The first-order valence-electron chi connectivity index (χ1n) is 10.5. The van der Waals surface area contributed by atoms with Crippen LogP contribution in [0.5, 0.6) is 0 Å². The molecule has 170 valence electrons. The fourth-order valence-electron chi connectivity index (χ4n) is 4.07. The van der Waals surface area contributed by atoms with Crippen molar-refractivity contribution < 1.29 is 13.2 Å². The summed E-state index contributed by atoms with van der Waals surface area (Å²) in [5.41, 5.74) is 0.577. The largest absolute Gasteiger partial charge is 0.341 e. The average molecular weight is 466 g/mol. The van der Waals surface area contributed by atoms with Crippen LogP contribution in [0, 0.1) is 11.8 Å².